The lowest BCUT2D eigenvalue weighted by Crippen LogP contribution is -2.09. The number of nitrogens with zero attached hydrogens (tertiary/aromatic N) is 1. The van der Waals surface area contributed by atoms with Gasteiger partial charge in [-0.05, 0) is 36.8 Å². The van der Waals surface area contributed by atoms with Gasteiger partial charge in [0.2, 0.25) is 0 Å². The molecule has 0 saturated heterocycles. The maximum Gasteiger partial charge on any atom is 0.311 e. The Bertz CT molecular complexity index is 935. The van der Waals surface area contributed by atoms with Crippen LogP contribution in [0.25, 0.3) is 11.3 Å². The van der Waals surface area contributed by atoms with E-state index in [1.807, 2.05) is 6.92 Å². The van der Waals surface area contributed by atoms with Gasteiger partial charge in [-0.25, -0.2) is 13.8 Å². The predicted molar refractivity (Wildman–Crippen MR) is 92.0 cm³/mol. The number of carbonyl (C=O) groups is 1. The lowest BCUT2D eigenvalue weighted by molar-refractivity contribution is -0.134. The molecular formula is C19H14ClF2NO3. The normalized spacial score (nSPS) is 10.8. The van der Waals surface area contributed by atoms with Crippen molar-refractivity contribution >= 4 is 17.6 Å². The summed E-state index contributed by atoms with van der Waals surface area (Å²) in [6.07, 6.45) is 1.32. The number of ether oxygens (including phenoxy) is 1. The van der Waals surface area contributed by atoms with Crippen molar-refractivity contribution in [2.24, 2.45) is 0 Å². The number of carbonyl (C=O) groups excluding carboxylic acids is 1. The molecule has 0 bridgehead atoms. The van der Waals surface area contributed by atoms with E-state index in [1.54, 1.807) is 18.2 Å². The molecule has 0 atom stereocenters. The van der Waals surface area contributed by atoms with Gasteiger partial charge in [0.1, 0.15) is 17.4 Å². The number of benzene rings is 2. The number of esters is 1. The summed E-state index contributed by atoms with van der Waals surface area (Å²) in [5.41, 5.74) is 0.613. The number of oxazole rings is 1. The SMILES string of the molecule is Cc1ccc(Cl)c(OC(=O)CCc2ncc(-c3c(F)cccc3F)o2)c1. The van der Waals surface area contributed by atoms with Crippen molar-refractivity contribution in [3.05, 3.63) is 70.7 Å². The van der Waals surface area contributed by atoms with Gasteiger partial charge in [0.05, 0.1) is 23.2 Å². The van der Waals surface area contributed by atoms with Crippen LogP contribution >= 0.6 is 11.6 Å². The highest BCUT2D eigenvalue weighted by Crippen LogP contribution is 2.28. The third-order valence-corrected chi connectivity index (χ3v) is 3.93. The molecule has 2 aromatic carbocycles. The van der Waals surface area contributed by atoms with Gasteiger partial charge in [0, 0.05) is 6.42 Å². The summed E-state index contributed by atoms with van der Waals surface area (Å²) in [7, 11) is 0. The molecule has 0 radical (unpaired) electrons. The first-order chi connectivity index (χ1) is 12.4. The average molecular weight is 378 g/mol. The quantitative estimate of drug-likeness (QED) is 0.457. The van der Waals surface area contributed by atoms with Crippen LogP contribution in [0.2, 0.25) is 5.02 Å². The molecular weight excluding hydrogens is 364 g/mol. The standard InChI is InChI=1S/C19H14ClF2NO3/c1-11-5-6-12(20)15(9-11)26-18(24)8-7-17-23-10-16(25-17)19-13(21)3-2-4-14(19)22/h2-6,9-10H,7-8H2,1H3. The summed E-state index contributed by atoms with van der Waals surface area (Å²) in [6, 6.07) is 8.62. The highest BCUT2D eigenvalue weighted by Gasteiger charge is 2.17. The van der Waals surface area contributed by atoms with Crippen LogP contribution in [0.3, 0.4) is 0 Å². The number of aromatic nitrogens is 1. The highest BCUT2D eigenvalue weighted by molar-refractivity contribution is 6.32. The van der Waals surface area contributed by atoms with Crippen molar-refractivity contribution in [3.63, 3.8) is 0 Å². The highest BCUT2D eigenvalue weighted by atomic mass is 35.5. The van der Waals surface area contributed by atoms with Crippen LogP contribution in [-0.4, -0.2) is 11.0 Å². The van der Waals surface area contributed by atoms with E-state index in [9.17, 15) is 13.6 Å². The van der Waals surface area contributed by atoms with Crippen LogP contribution < -0.4 is 4.74 Å². The molecule has 0 aliphatic heterocycles. The molecule has 3 rings (SSSR count). The first kappa shape index (κ1) is 18.1. The fourth-order valence-electron chi connectivity index (χ4n) is 2.35. The van der Waals surface area contributed by atoms with Gasteiger partial charge in [-0.2, -0.15) is 0 Å². The van der Waals surface area contributed by atoms with Gasteiger partial charge in [0.25, 0.3) is 0 Å². The van der Waals surface area contributed by atoms with Crippen molar-refractivity contribution in [2.75, 3.05) is 0 Å². The molecule has 0 N–H and O–H groups in total. The summed E-state index contributed by atoms with van der Waals surface area (Å²) in [5, 5.41) is 0.331. The Morgan fingerprint density at radius 1 is 1.23 bits per heavy atom. The maximum atomic E-state index is 13.8. The van der Waals surface area contributed by atoms with Crippen molar-refractivity contribution < 1.29 is 22.7 Å². The van der Waals surface area contributed by atoms with Gasteiger partial charge in [-0.3, -0.25) is 4.79 Å². The van der Waals surface area contributed by atoms with Gasteiger partial charge in [-0.15, -0.1) is 0 Å². The van der Waals surface area contributed by atoms with Crippen molar-refractivity contribution in [2.45, 2.75) is 19.8 Å². The largest absolute Gasteiger partial charge is 0.441 e. The summed E-state index contributed by atoms with van der Waals surface area (Å²) in [6.45, 7) is 1.85. The zero-order valence-corrected chi connectivity index (χ0v) is 14.5. The van der Waals surface area contributed by atoms with Crippen molar-refractivity contribution in [3.8, 4) is 17.1 Å². The molecule has 1 aromatic heterocycles. The van der Waals surface area contributed by atoms with Crippen LogP contribution in [0.1, 0.15) is 17.9 Å². The fourth-order valence-corrected chi connectivity index (χ4v) is 2.50. The Kier molecular flexibility index (Phi) is 5.32. The number of hydrogen-bond acceptors (Lipinski definition) is 4. The molecule has 0 unspecified atom stereocenters. The Hall–Kier alpha value is -2.73. The molecule has 4 nitrogen and oxygen atoms in total. The van der Waals surface area contributed by atoms with Crippen LogP contribution in [0, 0.1) is 18.6 Å². The van der Waals surface area contributed by atoms with Crippen LogP contribution in [0.15, 0.2) is 47.0 Å². The Labute approximate surface area is 153 Å². The van der Waals surface area contributed by atoms with Gasteiger partial charge in [0.15, 0.2) is 11.7 Å². The van der Waals surface area contributed by atoms with E-state index in [0.29, 0.717) is 5.02 Å². The second kappa shape index (κ2) is 7.66. The second-order valence-electron chi connectivity index (χ2n) is 5.62. The van der Waals surface area contributed by atoms with E-state index in [4.69, 9.17) is 20.8 Å². The minimum absolute atomic E-state index is 0.0238. The minimum Gasteiger partial charge on any atom is -0.441 e. The third-order valence-electron chi connectivity index (χ3n) is 3.62. The van der Waals surface area contributed by atoms with E-state index >= 15 is 0 Å². The lowest BCUT2D eigenvalue weighted by Gasteiger charge is -2.06. The van der Waals surface area contributed by atoms with Crippen LogP contribution in [0.4, 0.5) is 8.78 Å². The summed E-state index contributed by atoms with van der Waals surface area (Å²) < 4.78 is 38.1. The van der Waals surface area contributed by atoms with Crippen molar-refractivity contribution in [1.82, 2.24) is 4.98 Å². The Balaban J connectivity index is 1.65. The maximum absolute atomic E-state index is 13.8. The molecule has 134 valence electrons. The molecule has 26 heavy (non-hydrogen) atoms. The van der Waals surface area contributed by atoms with E-state index in [2.05, 4.69) is 4.98 Å². The first-order valence-corrected chi connectivity index (χ1v) is 8.18. The molecule has 3 aromatic rings. The second-order valence-corrected chi connectivity index (χ2v) is 6.03. The number of aryl methyl sites for hydroxylation is 2. The van der Waals surface area contributed by atoms with E-state index in [0.717, 1.165) is 17.7 Å². The lowest BCUT2D eigenvalue weighted by atomic mass is 10.1. The molecule has 0 aliphatic carbocycles. The molecule has 0 aliphatic rings. The zero-order valence-electron chi connectivity index (χ0n) is 13.8. The van der Waals surface area contributed by atoms with E-state index in [-0.39, 0.29) is 35.8 Å². The number of hydrogen-bond donors (Lipinski definition) is 0. The molecule has 0 amide bonds. The zero-order chi connectivity index (χ0) is 18.7. The predicted octanol–water partition coefficient (Wildman–Crippen LogP) is 5.12. The van der Waals surface area contributed by atoms with Crippen molar-refractivity contribution in [1.29, 1.82) is 0 Å². The third kappa shape index (κ3) is 4.08. The van der Waals surface area contributed by atoms with E-state index < -0.39 is 17.6 Å². The molecule has 0 fully saturated rings. The summed E-state index contributed by atoms with van der Waals surface area (Å²) in [4.78, 5) is 15.9. The molecule has 0 saturated carbocycles. The molecule has 0 spiro atoms. The number of rotatable bonds is 5. The Morgan fingerprint density at radius 3 is 2.69 bits per heavy atom. The summed E-state index contributed by atoms with van der Waals surface area (Å²) in [5.74, 6) is -1.60. The molecule has 1 heterocycles. The van der Waals surface area contributed by atoms with Crippen LogP contribution in [-0.2, 0) is 11.2 Å². The minimum atomic E-state index is -0.749. The van der Waals surface area contributed by atoms with Gasteiger partial charge in [-0.1, -0.05) is 23.7 Å². The van der Waals surface area contributed by atoms with Gasteiger partial charge >= 0.3 is 5.97 Å². The topological polar surface area (TPSA) is 52.3 Å². The van der Waals surface area contributed by atoms with Crippen LogP contribution in [0.5, 0.6) is 5.75 Å². The fraction of sp³-hybridized carbons (Fsp3) is 0.158. The molecule has 7 heteroatoms. The smallest absolute Gasteiger partial charge is 0.311 e. The van der Waals surface area contributed by atoms with Gasteiger partial charge < -0.3 is 9.15 Å². The summed E-state index contributed by atoms with van der Waals surface area (Å²) >= 11 is 5.98. The monoisotopic (exact) mass is 377 g/mol. The number of halogens is 3. The van der Waals surface area contributed by atoms with E-state index in [1.165, 1.54) is 12.3 Å². The average Bonchev–Trinajstić information content (AvgIpc) is 3.05. The first-order valence-electron chi connectivity index (χ1n) is 7.80. The Morgan fingerprint density at radius 2 is 1.96 bits per heavy atom.